The molecule has 20 heavy (non-hydrogen) atoms. The Morgan fingerprint density at radius 2 is 2.10 bits per heavy atom. The van der Waals surface area contributed by atoms with Gasteiger partial charge < -0.3 is 0 Å². The molecule has 3 nitrogen and oxygen atoms in total. The molecule has 1 aliphatic rings. The maximum atomic E-state index is 13.0. The number of aryl methyl sites for hydroxylation is 1. The average molecular weight is 273 g/mol. The van der Waals surface area contributed by atoms with Gasteiger partial charge in [-0.2, -0.15) is 5.10 Å². The van der Waals surface area contributed by atoms with Crippen LogP contribution in [0.25, 0.3) is 0 Å². The minimum atomic E-state index is -0.157. The molecule has 1 aliphatic heterocycles. The van der Waals surface area contributed by atoms with Gasteiger partial charge in [0, 0.05) is 31.4 Å². The van der Waals surface area contributed by atoms with Crippen molar-refractivity contribution in [1.29, 1.82) is 0 Å². The molecule has 1 aromatic heterocycles. The highest BCUT2D eigenvalue weighted by atomic mass is 19.1. The lowest BCUT2D eigenvalue weighted by atomic mass is 9.99. The number of rotatable bonds is 4. The zero-order chi connectivity index (χ0) is 13.9. The number of benzene rings is 1. The molecule has 0 bridgehead atoms. The predicted molar refractivity (Wildman–Crippen MR) is 76.9 cm³/mol. The normalized spacial score (nSPS) is 19.6. The highest BCUT2D eigenvalue weighted by molar-refractivity contribution is 5.22. The minimum absolute atomic E-state index is 0.157. The second kappa shape index (κ2) is 5.75. The molecule has 4 heteroatoms. The van der Waals surface area contributed by atoms with Crippen LogP contribution in [0.4, 0.5) is 4.39 Å². The van der Waals surface area contributed by atoms with Crippen molar-refractivity contribution < 1.29 is 4.39 Å². The first-order valence-corrected chi connectivity index (χ1v) is 7.23. The molecule has 1 fully saturated rings. The molecule has 1 atom stereocenters. The van der Waals surface area contributed by atoms with Crippen LogP contribution < -0.4 is 0 Å². The van der Waals surface area contributed by atoms with Crippen molar-refractivity contribution in [3.63, 3.8) is 0 Å². The van der Waals surface area contributed by atoms with Crippen molar-refractivity contribution in [2.45, 2.75) is 32.4 Å². The maximum absolute atomic E-state index is 13.0. The Kier molecular flexibility index (Phi) is 3.83. The second-order valence-electron chi connectivity index (χ2n) is 5.48. The number of halogens is 1. The van der Waals surface area contributed by atoms with E-state index < -0.39 is 0 Å². The van der Waals surface area contributed by atoms with Gasteiger partial charge in [0.1, 0.15) is 5.82 Å². The van der Waals surface area contributed by atoms with Crippen LogP contribution >= 0.6 is 0 Å². The Morgan fingerprint density at radius 3 is 2.80 bits per heavy atom. The summed E-state index contributed by atoms with van der Waals surface area (Å²) < 4.78 is 14.9. The summed E-state index contributed by atoms with van der Waals surface area (Å²) in [6.07, 6.45) is 5.22. The Bertz CT molecular complexity index is 561. The number of aromatic nitrogens is 2. The first kappa shape index (κ1) is 13.3. The highest BCUT2D eigenvalue weighted by Gasteiger charge is 2.24. The summed E-state index contributed by atoms with van der Waals surface area (Å²) in [4.78, 5) is 2.45. The molecular formula is C16H20FN3. The summed E-state index contributed by atoms with van der Waals surface area (Å²) >= 11 is 0. The molecule has 1 aromatic carbocycles. The quantitative estimate of drug-likeness (QED) is 0.853. The molecule has 2 aromatic rings. The molecule has 0 radical (unpaired) electrons. The molecule has 2 heterocycles. The summed E-state index contributed by atoms with van der Waals surface area (Å²) in [5.74, 6) is 0.368. The molecule has 106 valence electrons. The summed E-state index contributed by atoms with van der Waals surface area (Å²) in [6.45, 7) is 6.11. The fourth-order valence-corrected chi connectivity index (χ4v) is 2.90. The van der Waals surface area contributed by atoms with Crippen LogP contribution in [0.2, 0.25) is 0 Å². The minimum Gasteiger partial charge on any atom is -0.298 e. The van der Waals surface area contributed by atoms with Crippen molar-refractivity contribution in [2.75, 3.05) is 13.1 Å². The van der Waals surface area contributed by atoms with Crippen LogP contribution in [0.1, 0.15) is 30.4 Å². The van der Waals surface area contributed by atoms with Gasteiger partial charge in [0.05, 0.1) is 6.20 Å². The lowest BCUT2D eigenvalue weighted by Crippen LogP contribution is -2.19. The Balaban J connectivity index is 1.60. The smallest absolute Gasteiger partial charge is 0.123 e. The Labute approximate surface area is 119 Å². The van der Waals surface area contributed by atoms with E-state index >= 15 is 0 Å². The number of likely N-dealkylation sites (tertiary alicyclic amines) is 1. The van der Waals surface area contributed by atoms with Crippen LogP contribution in [-0.4, -0.2) is 27.8 Å². The highest BCUT2D eigenvalue weighted by Crippen LogP contribution is 2.28. The molecule has 0 unspecified atom stereocenters. The van der Waals surface area contributed by atoms with Crippen molar-refractivity contribution in [2.24, 2.45) is 0 Å². The lowest BCUT2D eigenvalue weighted by Gasteiger charge is -2.15. The van der Waals surface area contributed by atoms with Gasteiger partial charge in [0.2, 0.25) is 0 Å². The standard InChI is InChI=1S/C16H20FN3/c1-2-20-11-13(9-18-20)10-19-8-7-15(12-19)14-3-5-16(17)6-4-14/h3-6,9,11,15H,2,7-8,10,12H2,1H3/t15-/m1/s1. The van der Waals surface area contributed by atoms with Crippen LogP contribution in [0, 0.1) is 5.82 Å². The summed E-state index contributed by atoms with van der Waals surface area (Å²) in [6, 6.07) is 6.95. The molecular weight excluding hydrogens is 253 g/mol. The number of nitrogens with zero attached hydrogens (tertiary/aromatic N) is 3. The van der Waals surface area contributed by atoms with E-state index in [1.54, 1.807) is 12.1 Å². The van der Waals surface area contributed by atoms with E-state index in [0.29, 0.717) is 5.92 Å². The largest absolute Gasteiger partial charge is 0.298 e. The molecule has 0 spiro atoms. The van der Waals surface area contributed by atoms with Gasteiger partial charge in [-0.05, 0) is 43.5 Å². The van der Waals surface area contributed by atoms with E-state index in [0.717, 1.165) is 32.6 Å². The number of hydrogen-bond donors (Lipinski definition) is 0. The molecule has 3 rings (SSSR count). The van der Waals surface area contributed by atoms with Crippen molar-refractivity contribution in [3.05, 3.63) is 53.6 Å². The van der Waals surface area contributed by atoms with Gasteiger partial charge in [-0.15, -0.1) is 0 Å². The predicted octanol–water partition coefficient (Wildman–Crippen LogP) is 3.03. The fourth-order valence-electron chi connectivity index (χ4n) is 2.90. The van der Waals surface area contributed by atoms with Crippen LogP contribution in [-0.2, 0) is 13.1 Å². The van der Waals surface area contributed by atoms with Crippen molar-refractivity contribution in [3.8, 4) is 0 Å². The summed E-state index contributed by atoms with van der Waals surface area (Å²) in [7, 11) is 0. The maximum Gasteiger partial charge on any atom is 0.123 e. The molecule has 0 saturated carbocycles. The van der Waals surface area contributed by atoms with E-state index in [1.165, 1.54) is 11.1 Å². The third-order valence-corrected chi connectivity index (χ3v) is 4.03. The monoisotopic (exact) mass is 273 g/mol. The number of hydrogen-bond acceptors (Lipinski definition) is 2. The zero-order valence-electron chi connectivity index (χ0n) is 11.8. The van der Waals surface area contributed by atoms with E-state index in [4.69, 9.17) is 0 Å². The molecule has 0 N–H and O–H groups in total. The van der Waals surface area contributed by atoms with E-state index in [9.17, 15) is 4.39 Å². The van der Waals surface area contributed by atoms with E-state index in [1.807, 2.05) is 23.0 Å². The third kappa shape index (κ3) is 2.90. The van der Waals surface area contributed by atoms with Gasteiger partial charge in [-0.3, -0.25) is 9.58 Å². The first-order valence-electron chi connectivity index (χ1n) is 7.23. The Hall–Kier alpha value is -1.68. The van der Waals surface area contributed by atoms with Gasteiger partial charge in [-0.1, -0.05) is 12.1 Å². The summed E-state index contributed by atoms with van der Waals surface area (Å²) in [5, 5.41) is 4.31. The van der Waals surface area contributed by atoms with Gasteiger partial charge in [0.15, 0.2) is 0 Å². The van der Waals surface area contributed by atoms with Gasteiger partial charge in [0.25, 0.3) is 0 Å². The average Bonchev–Trinajstić information content (AvgIpc) is 3.09. The van der Waals surface area contributed by atoms with Gasteiger partial charge in [-0.25, -0.2) is 4.39 Å². The lowest BCUT2D eigenvalue weighted by molar-refractivity contribution is 0.326. The first-order chi connectivity index (χ1) is 9.74. The van der Waals surface area contributed by atoms with E-state index in [2.05, 4.69) is 23.1 Å². The van der Waals surface area contributed by atoms with E-state index in [-0.39, 0.29) is 5.82 Å². The summed E-state index contributed by atoms with van der Waals surface area (Å²) in [5.41, 5.74) is 2.52. The van der Waals surface area contributed by atoms with Crippen LogP contribution in [0.3, 0.4) is 0 Å². The third-order valence-electron chi connectivity index (χ3n) is 4.03. The Morgan fingerprint density at radius 1 is 1.30 bits per heavy atom. The van der Waals surface area contributed by atoms with Crippen molar-refractivity contribution in [1.82, 2.24) is 14.7 Å². The second-order valence-corrected chi connectivity index (χ2v) is 5.48. The SMILES string of the molecule is CCn1cc(CN2CC[C@@H](c3ccc(F)cc3)C2)cn1. The molecule has 1 saturated heterocycles. The molecule has 0 amide bonds. The van der Waals surface area contributed by atoms with Gasteiger partial charge >= 0.3 is 0 Å². The topological polar surface area (TPSA) is 21.1 Å². The van der Waals surface area contributed by atoms with Crippen LogP contribution in [0.5, 0.6) is 0 Å². The molecule has 0 aliphatic carbocycles. The van der Waals surface area contributed by atoms with Crippen LogP contribution in [0.15, 0.2) is 36.7 Å². The fraction of sp³-hybridized carbons (Fsp3) is 0.438. The zero-order valence-corrected chi connectivity index (χ0v) is 11.8. The van der Waals surface area contributed by atoms with Crippen molar-refractivity contribution >= 4 is 0 Å².